The first-order valence-corrected chi connectivity index (χ1v) is 6.29. The average Bonchev–Trinajstić information content (AvgIpc) is 2.59. The van der Waals surface area contributed by atoms with Gasteiger partial charge >= 0.3 is 0 Å². The fraction of sp³-hybridized carbons (Fsp3) is 0.571. The Labute approximate surface area is 98.2 Å². The van der Waals surface area contributed by atoms with Crippen molar-refractivity contribution in [1.82, 2.24) is 5.32 Å². The van der Waals surface area contributed by atoms with E-state index in [0.717, 1.165) is 6.54 Å². The quantitative estimate of drug-likeness (QED) is 0.800. The number of benzene rings is 1. The van der Waals surface area contributed by atoms with E-state index in [-0.39, 0.29) is 5.54 Å². The second-order valence-corrected chi connectivity index (χ2v) is 5.00. The zero-order valence-corrected chi connectivity index (χ0v) is 10.1. The van der Waals surface area contributed by atoms with Crippen molar-refractivity contribution in [3.05, 3.63) is 35.9 Å². The minimum atomic E-state index is -0.258. The van der Waals surface area contributed by atoms with E-state index < -0.39 is 0 Å². The summed E-state index contributed by atoms with van der Waals surface area (Å²) in [5.74, 6) is 0. The molecule has 0 saturated carbocycles. The molecule has 0 amide bonds. The smallest absolute Gasteiger partial charge is 0.0536 e. The van der Waals surface area contributed by atoms with Gasteiger partial charge in [-0.3, -0.25) is 0 Å². The highest BCUT2D eigenvalue weighted by molar-refractivity contribution is 5.25. The summed E-state index contributed by atoms with van der Waals surface area (Å²) in [7, 11) is 0. The van der Waals surface area contributed by atoms with Crippen LogP contribution in [0.5, 0.6) is 0 Å². The predicted octanol–water partition coefficient (Wildman–Crippen LogP) is 2.39. The molecule has 2 atom stereocenters. The molecule has 2 nitrogen and oxygen atoms in total. The average molecular weight is 218 g/mol. The van der Waals surface area contributed by atoms with Crippen LogP contribution >= 0.6 is 0 Å². The van der Waals surface area contributed by atoms with E-state index in [0.29, 0.717) is 6.04 Å². The molecule has 0 aromatic heterocycles. The lowest BCUT2D eigenvalue weighted by Crippen LogP contribution is -2.52. The van der Waals surface area contributed by atoms with Crippen molar-refractivity contribution in [2.75, 3.05) is 6.54 Å². The zero-order valence-electron chi connectivity index (χ0n) is 10.1. The molecule has 0 spiro atoms. The molecule has 1 aliphatic heterocycles. The number of nitrogens with two attached hydrogens (primary N) is 1. The second kappa shape index (κ2) is 4.98. The summed E-state index contributed by atoms with van der Waals surface area (Å²) in [5.41, 5.74) is 7.49. The maximum absolute atomic E-state index is 6.52. The Balaban J connectivity index is 2.16. The number of nitrogens with one attached hydrogen (secondary N) is 1. The van der Waals surface area contributed by atoms with Crippen LogP contribution in [0.3, 0.4) is 0 Å². The SMILES string of the molecule is CC(N)(c1ccccc1)C1CCCCCN1. The van der Waals surface area contributed by atoms with E-state index in [1.165, 1.54) is 31.2 Å². The molecule has 1 aromatic rings. The third-order valence-electron chi connectivity index (χ3n) is 3.68. The Morgan fingerprint density at radius 3 is 2.69 bits per heavy atom. The van der Waals surface area contributed by atoms with Crippen molar-refractivity contribution in [1.29, 1.82) is 0 Å². The molecule has 88 valence electrons. The minimum absolute atomic E-state index is 0.258. The van der Waals surface area contributed by atoms with Gasteiger partial charge in [0.25, 0.3) is 0 Å². The maximum Gasteiger partial charge on any atom is 0.0536 e. The second-order valence-electron chi connectivity index (χ2n) is 5.00. The number of rotatable bonds is 2. The van der Waals surface area contributed by atoms with E-state index >= 15 is 0 Å². The van der Waals surface area contributed by atoms with E-state index in [1.807, 2.05) is 6.07 Å². The van der Waals surface area contributed by atoms with Gasteiger partial charge in [-0.25, -0.2) is 0 Å². The first-order chi connectivity index (χ1) is 7.71. The van der Waals surface area contributed by atoms with Crippen LogP contribution in [0.2, 0.25) is 0 Å². The zero-order chi connectivity index (χ0) is 11.4. The third-order valence-corrected chi connectivity index (χ3v) is 3.68. The lowest BCUT2D eigenvalue weighted by atomic mass is 9.83. The van der Waals surface area contributed by atoms with E-state index in [4.69, 9.17) is 5.73 Å². The molecule has 1 heterocycles. The highest BCUT2D eigenvalue weighted by Gasteiger charge is 2.31. The summed E-state index contributed by atoms with van der Waals surface area (Å²) in [4.78, 5) is 0. The molecule has 16 heavy (non-hydrogen) atoms. The Morgan fingerprint density at radius 1 is 1.19 bits per heavy atom. The molecular weight excluding hydrogens is 196 g/mol. The topological polar surface area (TPSA) is 38.0 Å². The molecule has 1 aromatic carbocycles. The minimum Gasteiger partial charge on any atom is -0.320 e. The molecule has 2 rings (SSSR count). The van der Waals surface area contributed by atoms with Gasteiger partial charge in [-0.1, -0.05) is 43.2 Å². The van der Waals surface area contributed by atoms with Crippen LogP contribution in [0.15, 0.2) is 30.3 Å². The van der Waals surface area contributed by atoms with Crippen LogP contribution in [0.4, 0.5) is 0 Å². The predicted molar refractivity (Wildman–Crippen MR) is 68.2 cm³/mol. The van der Waals surface area contributed by atoms with E-state index in [2.05, 4.69) is 36.5 Å². The van der Waals surface area contributed by atoms with E-state index in [9.17, 15) is 0 Å². The van der Waals surface area contributed by atoms with Crippen molar-refractivity contribution < 1.29 is 0 Å². The van der Waals surface area contributed by atoms with Gasteiger partial charge in [0.05, 0.1) is 5.54 Å². The normalized spacial score (nSPS) is 25.8. The first kappa shape index (κ1) is 11.6. The first-order valence-electron chi connectivity index (χ1n) is 6.29. The highest BCUT2D eigenvalue weighted by atomic mass is 15.0. The van der Waals surface area contributed by atoms with Crippen LogP contribution < -0.4 is 11.1 Å². The molecule has 1 aliphatic rings. The number of hydrogen-bond donors (Lipinski definition) is 2. The lowest BCUT2D eigenvalue weighted by molar-refractivity contribution is 0.318. The Kier molecular flexibility index (Phi) is 3.62. The lowest BCUT2D eigenvalue weighted by Gasteiger charge is -2.34. The van der Waals surface area contributed by atoms with E-state index in [1.54, 1.807) is 0 Å². The molecule has 0 radical (unpaired) electrons. The summed E-state index contributed by atoms with van der Waals surface area (Å²) in [5, 5.41) is 3.60. The van der Waals surface area contributed by atoms with Gasteiger partial charge in [-0.2, -0.15) is 0 Å². The molecular formula is C14H22N2. The molecule has 3 N–H and O–H groups in total. The van der Waals surface area contributed by atoms with Crippen LogP contribution in [-0.2, 0) is 5.54 Å². The molecule has 0 bridgehead atoms. The van der Waals surface area contributed by atoms with Gasteiger partial charge in [0.1, 0.15) is 0 Å². The standard InChI is InChI=1S/C14H22N2/c1-14(15,12-8-4-2-5-9-12)13-10-6-3-7-11-16-13/h2,4-5,8-9,13,16H,3,6-7,10-11,15H2,1H3. The third kappa shape index (κ3) is 2.45. The van der Waals surface area contributed by atoms with Crippen LogP contribution in [0.1, 0.15) is 38.2 Å². The van der Waals surface area contributed by atoms with Crippen LogP contribution in [0, 0.1) is 0 Å². The Morgan fingerprint density at radius 2 is 1.94 bits per heavy atom. The monoisotopic (exact) mass is 218 g/mol. The Bertz CT molecular complexity index is 311. The fourth-order valence-electron chi connectivity index (χ4n) is 2.54. The van der Waals surface area contributed by atoms with Crippen molar-refractivity contribution in [3.8, 4) is 0 Å². The summed E-state index contributed by atoms with van der Waals surface area (Å²) in [6.07, 6.45) is 5.08. The Hall–Kier alpha value is -0.860. The van der Waals surface area contributed by atoms with Gasteiger partial charge in [-0.05, 0) is 31.9 Å². The maximum atomic E-state index is 6.52. The van der Waals surface area contributed by atoms with Crippen molar-refractivity contribution >= 4 is 0 Å². The van der Waals surface area contributed by atoms with Crippen LogP contribution in [0.25, 0.3) is 0 Å². The molecule has 1 fully saturated rings. The van der Waals surface area contributed by atoms with Gasteiger partial charge < -0.3 is 11.1 Å². The van der Waals surface area contributed by atoms with Gasteiger partial charge in [0.2, 0.25) is 0 Å². The van der Waals surface area contributed by atoms with Crippen molar-refractivity contribution in [2.24, 2.45) is 5.73 Å². The van der Waals surface area contributed by atoms with Crippen molar-refractivity contribution in [2.45, 2.75) is 44.2 Å². The highest BCUT2D eigenvalue weighted by Crippen LogP contribution is 2.26. The van der Waals surface area contributed by atoms with Gasteiger partial charge in [0.15, 0.2) is 0 Å². The molecule has 2 unspecified atom stereocenters. The summed E-state index contributed by atoms with van der Waals surface area (Å²) >= 11 is 0. The van der Waals surface area contributed by atoms with Crippen LogP contribution in [-0.4, -0.2) is 12.6 Å². The fourth-order valence-corrected chi connectivity index (χ4v) is 2.54. The summed E-state index contributed by atoms with van der Waals surface area (Å²) < 4.78 is 0. The summed E-state index contributed by atoms with van der Waals surface area (Å²) in [6.45, 7) is 3.25. The largest absolute Gasteiger partial charge is 0.320 e. The van der Waals surface area contributed by atoms with Gasteiger partial charge in [-0.15, -0.1) is 0 Å². The molecule has 1 saturated heterocycles. The molecule has 0 aliphatic carbocycles. The van der Waals surface area contributed by atoms with Gasteiger partial charge in [0, 0.05) is 6.04 Å². The summed E-state index contributed by atoms with van der Waals surface area (Å²) in [6, 6.07) is 10.8. The van der Waals surface area contributed by atoms with Crippen molar-refractivity contribution in [3.63, 3.8) is 0 Å². The molecule has 2 heteroatoms. The number of hydrogen-bond acceptors (Lipinski definition) is 2.